The lowest BCUT2D eigenvalue weighted by Crippen LogP contribution is -2.41. The van der Waals surface area contributed by atoms with Gasteiger partial charge < -0.3 is 29.7 Å². The highest BCUT2D eigenvalue weighted by atomic mass is 32.1. The summed E-state index contributed by atoms with van der Waals surface area (Å²) in [5.41, 5.74) is 0.963. The van der Waals surface area contributed by atoms with Gasteiger partial charge in [-0.05, 0) is 43.3 Å². The third kappa shape index (κ3) is 4.86. The molecule has 0 bridgehead atoms. The Balaban J connectivity index is 1.83. The number of rotatable bonds is 8. The molecule has 2 atom stereocenters. The van der Waals surface area contributed by atoms with E-state index in [2.05, 4.69) is 15.5 Å². The highest BCUT2D eigenvalue weighted by Crippen LogP contribution is 2.39. The Morgan fingerprint density at radius 1 is 1.21 bits per heavy atom. The molecule has 7 nitrogen and oxygen atoms in total. The van der Waals surface area contributed by atoms with Crippen molar-refractivity contribution in [3.05, 3.63) is 23.8 Å². The number of nitrogens with one attached hydrogen (secondary N) is 2. The molecule has 0 radical (unpaired) electrons. The zero-order valence-corrected chi connectivity index (χ0v) is 17.5. The number of benzene rings is 1. The summed E-state index contributed by atoms with van der Waals surface area (Å²) >= 11 is 5.60. The zero-order valence-electron chi connectivity index (χ0n) is 16.7. The SMILES string of the molecule is COCCNC(=O)[C@@H]1CN(C(=S)NC2CC2)C[C@H]1c1cc(OC)ccc1OC. The standard InChI is InChI=1S/C20H29N3O4S/c1-25-9-8-21-19(24)17-12-23(20(28)22-13-4-5-13)11-16(17)15-10-14(26-2)6-7-18(15)27-3/h6-7,10,13,16-17H,4-5,8-9,11-12H2,1-3H3,(H,21,24)(H,22,28)/t16-,17+/m0/s1. The highest BCUT2D eigenvalue weighted by Gasteiger charge is 2.41. The number of hydrogen-bond acceptors (Lipinski definition) is 5. The topological polar surface area (TPSA) is 72.1 Å². The van der Waals surface area contributed by atoms with Crippen LogP contribution in [0.5, 0.6) is 11.5 Å². The quantitative estimate of drug-likeness (QED) is 0.500. The van der Waals surface area contributed by atoms with Crippen LogP contribution in [0, 0.1) is 5.92 Å². The smallest absolute Gasteiger partial charge is 0.225 e. The molecule has 2 aliphatic rings. The van der Waals surface area contributed by atoms with Gasteiger partial charge in [-0.3, -0.25) is 4.79 Å². The average Bonchev–Trinajstić information content (AvgIpc) is 3.41. The van der Waals surface area contributed by atoms with Crippen LogP contribution >= 0.6 is 12.2 Å². The molecule has 1 heterocycles. The first kappa shape index (κ1) is 20.7. The van der Waals surface area contributed by atoms with Gasteiger partial charge in [0.2, 0.25) is 5.91 Å². The Morgan fingerprint density at radius 3 is 2.64 bits per heavy atom. The average molecular weight is 408 g/mol. The summed E-state index contributed by atoms with van der Waals surface area (Å²) < 4.78 is 16.0. The number of ether oxygens (including phenoxy) is 3. The van der Waals surface area contributed by atoms with Crippen LogP contribution in [0.1, 0.15) is 24.3 Å². The largest absolute Gasteiger partial charge is 0.497 e. The van der Waals surface area contributed by atoms with Crippen molar-refractivity contribution in [1.29, 1.82) is 0 Å². The number of methoxy groups -OCH3 is 3. The lowest BCUT2D eigenvalue weighted by molar-refractivity contribution is -0.125. The van der Waals surface area contributed by atoms with Crippen LogP contribution in [-0.2, 0) is 9.53 Å². The fourth-order valence-electron chi connectivity index (χ4n) is 3.58. The maximum atomic E-state index is 12.9. The minimum Gasteiger partial charge on any atom is -0.497 e. The Hall–Kier alpha value is -2.06. The summed E-state index contributed by atoms with van der Waals surface area (Å²) in [5.74, 6) is 1.21. The van der Waals surface area contributed by atoms with E-state index in [0.29, 0.717) is 32.3 Å². The first-order chi connectivity index (χ1) is 13.6. The van der Waals surface area contributed by atoms with Gasteiger partial charge in [0.1, 0.15) is 11.5 Å². The molecule has 8 heteroatoms. The van der Waals surface area contributed by atoms with Crippen LogP contribution in [0.2, 0.25) is 0 Å². The highest BCUT2D eigenvalue weighted by molar-refractivity contribution is 7.80. The Morgan fingerprint density at radius 2 is 2.00 bits per heavy atom. The summed E-state index contributed by atoms with van der Waals surface area (Å²) in [5, 5.41) is 7.08. The van der Waals surface area contributed by atoms with E-state index in [1.807, 2.05) is 18.2 Å². The number of thiocarbonyl (C=S) groups is 1. The summed E-state index contributed by atoms with van der Waals surface area (Å²) in [6.07, 6.45) is 2.31. The van der Waals surface area contributed by atoms with Gasteiger partial charge in [-0.25, -0.2) is 0 Å². The first-order valence-electron chi connectivity index (χ1n) is 9.61. The predicted molar refractivity (Wildman–Crippen MR) is 111 cm³/mol. The van der Waals surface area contributed by atoms with Crippen LogP contribution < -0.4 is 20.1 Å². The van der Waals surface area contributed by atoms with Gasteiger partial charge in [0, 0.05) is 44.3 Å². The molecule has 1 aliphatic heterocycles. The molecule has 154 valence electrons. The van der Waals surface area contributed by atoms with Crippen LogP contribution in [0.15, 0.2) is 18.2 Å². The van der Waals surface area contributed by atoms with E-state index >= 15 is 0 Å². The second-order valence-electron chi connectivity index (χ2n) is 7.23. The van der Waals surface area contributed by atoms with Gasteiger partial charge in [-0.2, -0.15) is 0 Å². The molecule has 3 rings (SSSR count). The van der Waals surface area contributed by atoms with Crippen molar-refractivity contribution in [1.82, 2.24) is 15.5 Å². The summed E-state index contributed by atoms with van der Waals surface area (Å²) in [4.78, 5) is 15.0. The van der Waals surface area contributed by atoms with Crippen LogP contribution in [-0.4, -0.2) is 69.5 Å². The van der Waals surface area contributed by atoms with Crippen molar-refractivity contribution < 1.29 is 19.0 Å². The number of carbonyl (C=O) groups is 1. The summed E-state index contributed by atoms with van der Waals surface area (Å²) in [6, 6.07) is 6.19. The van der Waals surface area contributed by atoms with E-state index in [4.69, 9.17) is 26.4 Å². The van der Waals surface area contributed by atoms with Crippen molar-refractivity contribution in [2.75, 3.05) is 47.6 Å². The second-order valence-corrected chi connectivity index (χ2v) is 7.62. The Kier molecular flexibility index (Phi) is 6.96. The maximum Gasteiger partial charge on any atom is 0.225 e. The Bertz CT molecular complexity index is 711. The molecule has 2 fully saturated rings. The number of hydrogen-bond donors (Lipinski definition) is 2. The van der Waals surface area contributed by atoms with Gasteiger partial charge in [0.25, 0.3) is 0 Å². The minimum atomic E-state index is -0.239. The fourth-order valence-corrected chi connectivity index (χ4v) is 3.90. The summed E-state index contributed by atoms with van der Waals surface area (Å²) in [6.45, 7) is 2.20. The normalized spacial score (nSPS) is 21.3. The molecule has 28 heavy (non-hydrogen) atoms. The lowest BCUT2D eigenvalue weighted by atomic mass is 9.87. The van der Waals surface area contributed by atoms with Gasteiger partial charge in [0.05, 0.1) is 26.7 Å². The predicted octanol–water partition coefficient (Wildman–Crippen LogP) is 1.52. The van der Waals surface area contributed by atoms with Crippen molar-refractivity contribution in [3.8, 4) is 11.5 Å². The van der Waals surface area contributed by atoms with Crippen LogP contribution in [0.4, 0.5) is 0 Å². The molecular weight excluding hydrogens is 378 g/mol. The van der Waals surface area contributed by atoms with E-state index in [0.717, 1.165) is 35.0 Å². The zero-order chi connectivity index (χ0) is 20.1. The molecule has 1 saturated heterocycles. The lowest BCUT2D eigenvalue weighted by Gasteiger charge is -2.21. The van der Waals surface area contributed by atoms with Crippen LogP contribution in [0.25, 0.3) is 0 Å². The number of nitrogens with zero attached hydrogens (tertiary/aromatic N) is 1. The van der Waals surface area contributed by atoms with Crippen molar-refractivity contribution in [2.45, 2.75) is 24.8 Å². The molecule has 0 spiro atoms. The molecule has 0 unspecified atom stereocenters. The van der Waals surface area contributed by atoms with Crippen LogP contribution in [0.3, 0.4) is 0 Å². The number of likely N-dealkylation sites (tertiary alicyclic amines) is 1. The van der Waals surface area contributed by atoms with Gasteiger partial charge in [-0.15, -0.1) is 0 Å². The minimum absolute atomic E-state index is 0.00337. The molecule has 1 amide bonds. The molecule has 1 aromatic carbocycles. The van der Waals surface area contributed by atoms with Gasteiger partial charge in [0.15, 0.2) is 5.11 Å². The Labute approximate surface area is 171 Å². The summed E-state index contributed by atoms with van der Waals surface area (Å²) in [7, 11) is 4.90. The van der Waals surface area contributed by atoms with E-state index in [9.17, 15) is 4.79 Å². The second kappa shape index (κ2) is 9.43. The monoisotopic (exact) mass is 407 g/mol. The molecular formula is C20H29N3O4S. The first-order valence-corrected chi connectivity index (χ1v) is 10.0. The molecule has 1 aromatic rings. The van der Waals surface area contributed by atoms with Gasteiger partial charge in [-0.1, -0.05) is 0 Å². The van der Waals surface area contributed by atoms with E-state index in [-0.39, 0.29) is 17.7 Å². The number of carbonyl (C=O) groups excluding carboxylic acids is 1. The fraction of sp³-hybridized carbons (Fsp3) is 0.600. The van der Waals surface area contributed by atoms with E-state index in [1.165, 1.54) is 0 Å². The maximum absolute atomic E-state index is 12.9. The third-order valence-corrected chi connectivity index (χ3v) is 5.67. The molecule has 1 aliphatic carbocycles. The van der Waals surface area contributed by atoms with E-state index < -0.39 is 0 Å². The van der Waals surface area contributed by atoms with Gasteiger partial charge >= 0.3 is 0 Å². The molecule has 1 saturated carbocycles. The third-order valence-electron chi connectivity index (χ3n) is 5.29. The van der Waals surface area contributed by atoms with Crippen molar-refractivity contribution >= 4 is 23.2 Å². The van der Waals surface area contributed by atoms with E-state index in [1.54, 1.807) is 21.3 Å². The number of amides is 1. The molecule has 2 N–H and O–H groups in total. The van der Waals surface area contributed by atoms with Crippen molar-refractivity contribution in [3.63, 3.8) is 0 Å². The van der Waals surface area contributed by atoms with Crippen molar-refractivity contribution in [2.24, 2.45) is 5.92 Å². The molecule has 0 aromatic heterocycles.